The van der Waals surface area contributed by atoms with Crippen molar-refractivity contribution in [1.82, 2.24) is 0 Å². The lowest BCUT2D eigenvalue weighted by atomic mass is 10.0. The van der Waals surface area contributed by atoms with Gasteiger partial charge in [0, 0.05) is 18.7 Å². The van der Waals surface area contributed by atoms with E-state index in [1.807, 2.05) is 54.6 Å². The molecule has 160 valence electrons. The van der Waals surface area contributed by atoms with Crippen LogP contribution in [0.3, 0.4) is 0 Å². The second-order valence-corrected chi connectivity index (χ2v) is 8.91. The molecule has 0 fully saturated rings. The van der Waals surface area contributed by atoms with E-state index in [4.69, 9.17) is 4.74 Å². The first-order chi connectivity index (χ1) is 14.8. The number of para-hydroxylation sites is 1. The van der Waals surface area contributed by atoms with Crippen LogP contribution in [0.1, 0.15) is 5.56 Å². The average molecular weight is 437 g/mol. The molecule has 0 radical (unpaired) electrons. The summed E-state index contributed by atoms with van der Waals surface area (Å²) in [4.78, 5) is 12.7. The van der Waals surface area contributed by atoms with Crippen LogP contribution in [-0.2, 0) is 14.8 Å². The SMILES string of the molecule is COc1ccccc1/C=C/C(=O)Nc1cc(-c2ccccc2)ccc1N(C)S(C)(=O)=O. The third-order valence-electron chi connectivity index (χ3n) is 4.75. The molecule has 0 saturated carbocycles. The van der Waals surface area contributed by atoms with Gasteiger partial charge in [-0.25, -0.2) is 8.42 Å². The van der Waals surface area contributed by atoms with Crippen LogP contribution in [-0.4, -0.2) is 34.7 Å². The van der Waals surface area contributed by atoms with E-state index >= 15 is 0 Å². The van der Waals surface area contributed by atoms with Crippen molar-refractivity contribution in [3.63, 3.8) is 0 Å². The standard InChI is InChI=1S/C24H24N2O4S/c1-26(31(3,28)29)22-15-13-20(18-9-5-4-6-10-18)17-21(22)25-24(27)16-14-19-11-7-8-12-23(19)30-2/h4-17H,1-3H3,(H,25,27)/b16-14+. The zero-order valence-electron chi connectivity index (χ0n) is 17.6. The molecule has 0 spiro atoms. The van der Waals surface area contributed by atoms with Gasteiger partial charge in [0.15, 0.2) is 0 Å². The van der Waals surface area contributed by atoms with Gasteiger partial charge in [-0.2, -0.15) is 0 Å². The second kappa shape index (κ2) is 9.49. The lowest BCUT2D eigenvalue weighted by molar-refractivity contribution is -0.111. The van der Waals surface area contributed by atoms with Gasteiger partial charge in [0.2, 0.25) is 15.9 Å². The fourth-order valence-electron chi connectivity index (χ4n) is 3.04. The van der Waals surface area contributed by atoms with Crippen LogP contribution in [0.5, 0.6) is 5.75 Å². The van der Waals surface area contributed by atoms with Crippen molar-refractivity contribution >= 4 is 33.4 Å². The highest BCUT2D eigenvalue weighted by atomic mass is 32.2. The Bertz CT molecular complexity index is 1210. The zero-order valence-corrected chi connectivity index (χ0v) is 18.4. The number of nitrogens with zero attached hydrogens (tertiary/aromatic N) is 1. The highest BCUT2D eigenvalue weighted by molar-refractivity contribution is 7.92. The van der Waals surface area contributed by atoms with Crippen molar-refractivity contribution in [1.29, 1.82) is 0 Å². The number of amides is 1. The van der Waals surface area contributed by atoms with Crippen LogP contribution in [0.25, 0.3) is 17.2 Å². The molecule has 3 aromatic rings. The van der Waals surface area contributed by atoms with Gasteiger partial charge in [-0.05, 0) is 35.4 Å². The van der Waals surface area contributed by atoms with Crippen LogP contribution >= 0.6 is 0 Å². The third kappa shape index (κ3) is 5.52. The average Bonchev–Trinajstić information content (AvgIpc) is 2.77. The quantitative estimate of drug-likeness (QED) is 0.557. The number of hydrogen-bond acceptors (Lipinski definition) is 4. The van der Waals surface area contributed by atoms with Gasteiger partial charge in [0.1, 0.15) is 5.75 Å². The molecular formula is C24H24N2O4S. The molecule has 0 heterocycles. The second-order valence-electron chi connectivity index (χ2n) is 6.89. The first-order valence-corrected chi connectivity index (χ1v) is 11.4. The lowest BCUT2D eigenvalue weighted by Crippen LogP contribution is -2.26. The fraction of sp³-hybridized carbons (Fsp3) is 0.125. The Balaban J connectivity index is 1.95. The molecular weight excluding hydrogens is 412 g/mol. The molecule has 0 atom stereocenters. The molecule has 1 N–H and O–H groups in total. The molecule has 7 heteroatoms. The van der Waals surface area contributed by atoms with E-state index in [0.717, 1.165) is 27.3 Å². The first-order valence-electron chi connectivity index (χ1n) is 9.55. The normalized spacial score (nSPS) is 11.3. The van der Waals surface area contributed by atoms with Gasteiger partial charge in [0.25, 0.3) is 0 Å². The van der Waals surface area contributed by atoms with E-state index in [9.17, 15) is 13.2 Å². The summed E-state index contributed by atoms with van der Waals surface area (Å²) in [6.45, 7) is 0. The number of sulfonamides is 1. The Morgan fingerprint density at radius 2 is 1.65 bits per heavy atom. The van der Waals surface area contributed by atoms with Gasteiger partial charge in [-0.3, -0.25) is 9.10 Å². The summed E-state index contributed by atoms with van der Waals surface area (Å²) in [5.41, 5.74) is 3.34. The van der Waals surface area contributed by atoms with Gasteiger partial charge in [-0.15, -0.1) is 0 Å². The predicted molar refractivity (Wildman–Crippen MR) is 126 cm³/mol. The number of methoxy groups -OCH3 is 1. The van der Waals surface area contributed by atoms with E-state index in [1.54, 1.807) is 31.4 Å². The molecule has 3 aromatic carbocycles. The summed E-state index contributed by atoms with van der Waals surface area (Å²) in [6, 6.07) is 22.3. The summed E-state index contributed by atoms with van der Waals surface area (Å²) in [6.07, 6.45) is 4.15. The Hall–Kier alpha value is -3.58. The molecule has 0 saturated heterocycles. The van der Waals surface area contributed by atoms with Crippen LogP contribution in [0.4, 0.5) is 11.4 Å². The minimum absolute atomic E-state index is 0.376. The van der Waals surface area contributed by atoms with Gasteiger partial charge in [0.05, 0.1) is 24.7 Å². The number of benzene rings is 3. The molecule has 0 aliphatic heterocycles. The van der Waals surface area contributed by atoms with Crippen LogP contribution in [0, 0.1) is 0 Å². The smallest absolute Gasteiger partial charge is 0.248 e. The maximum absolute atomic E-state index is 12.7. The molecule has 0 aliphatic carbocycles. The van der Waals surface area contributed by atoms with E-state index in [-0.39, 0.29) is 5.91 Å². The minimum atomic E-state index is -3.51. The van der Waals surface area contributed by atoms with Crippen molar-refractivity contribution in [3.8, 4) is 16.9 Å². The number of ether oxygens (including phenoxy) is 1. The molecule has 0 aliphatic rings. The topological polar surface area (TPSA) is 75.7 Å². The highest BCUT2D eigenvalue weighted by Gasteiger charge is 2.17. The number of carbonyl (C=O) groups excluding carboxylic acids is 1. The molecule has 0 unspecified atom stereocenters. The maximum Gasteiger partial charge on any atom is 0.248 e. The third-order valence-corrected chi connectivity index (χ3v) is 5.94. The summed E-state index contributed by atoms with van der Waals surface area (Å²) in [7, 11) is -0.492. The maximum atomic E-state index is 12.7. The van der Waals surface area contributed by atoms with Crippen LogP contribution < -0.4 is 14.4 Å². The zero-order chi connectivity index (χ0) is 22.4. The lowest BCUT2D eigenvalue weighted by Gasteiger charge is -2.21. The predicted octanol–water partition coefficient (Wildman–Crippen LogP) is 4.41. The summed E-state index contributed by atoms with van der Waals surface area (Å²) < 4.78 is 30.6. The van der Waals surface area contributed by atoms with Crippen molar-refractivity contribution in [3.05, 3.63) is 84.4 Å². The Morgan fingerprint density at radius 1 is 0.968 bits per heavy atom. The Labute approximate surface area is 182 Å². The molecule has 1 amide bonds. The minimum Gasteiger partial charge on any atom is -0.496 e. The van der Waals surface area contributed by atoms with Crippen molar-refractivity contribution < 1.29 is 17.9 Å². The fourth-order valence-corrected chi connectivity index (χ4v) is 3.56. The van der Waals surface area contributed by atoms with E-state index in [1.165, 1.54) is 13.1 Å². The number of carbonyl (C=O) groups is 1. The molecule has 6 nitrogen and oxygen atoms in total. The highest BCUT2D eigenvalue weighted by Crippen LogP contribution is 2.32. The van der Waals surface area contributed by atoms with Gasteiger partial charge < -0.3 is 10.1 Å². The number of anilines is 2. The molecule has 31 heavy (non-hydrogen) atoms. The Kier molecular flexibility index (Phi) is 6.77. The Morgan fingerprint density at radius 3 is 2.32 bits per heavy atom. The number of rotatable bonds is 7. The van der Waals surface area contributed by atoms with Gasteiger partial charge in [-0.1, -0.05) is 54.6 Å². The summed E-state index contributed by atoms with van der Waals surface area (Å²) in [5.74, 6) is 0.259. The largest absolute Gasteiger partial charge is 0.496 e. The molecule has 0 bridgehead atoms. The van der Waals surface area contributed by atoms with E-state index in [0.29, 0.717) is 17.1 Å². The summed E-state index contributed by atoms with van der Waals surface area (Å²) in [5, 5.41) is 2.81. The van der Waals surface area contributed by atoms with Crippen molar-refractivity contribution in [2.45, 2.75) is 0 Å². The van der Waals surface area contributed by atoms with E-state index in [2.05, 4.69) is 5.32 Å². The number of hydrogen-bond donors (Lipinski definition) is 1. The number of nitrogens with one attached hydrogen (secondary N) is 1. The summed E-state index contributed by atoms with van der Waals surface area (Å²) >= 11 is 0. The van der Waals surface area contributed by atoms with Crippen molar-refractivity contribution in [2.24, 2.45) is 0 Å². The molecule has 3 rings (SSSR count). The molecule has 0 aromatic heterocycles. The van der Waals surface area contributed by atoms with Crippen LogP contribution in [0.15, 0.2) is 78.9 Å². The van der Waals surface area contributed by atoms with Crippen molar-refractivity contribution in [2.75, 3.05) is 30.0 Å². The van der Waals surface area contributed by atoms with Crippen LogP contribution in [0.2, 0.25) is 0 Å². The monoisotopic (exact) mass is 436 g/mol. The van der Waals surface area contributed by atoms with E-state index < -0.39 is 10.0 Å². The van der Waals surface area contributed by atoms with Gasteiger partial charge >= 0.3 is 0 Å². The first kappa shape index (κ1) is 22.1.